The summed E-state index contributed by atoms with van der Waals surface area (Å²) in [5.74, 6) is 1.69. The van der Waals surface area contributed by atoms with Gasteiger partial charge in [0.1, 0.15) is 11.5 Å². The molecule has 0 atom stereocenters. The molecule has 4 aromatic heterocycles. The van der Waals surface area contributed by atoms with Crippen molar-refractivity contribution in [1.82, 2.24) is 24.1 Å². The Morgan fingerprint density at radius 2 is 1.13 bits per heavy atom. The number of para-hydroxylation sites is 3. The fourth-order valence-electron chi connectivity index (χ4n) is 7.13. The number of rotatable bonds is 3. The number of fused-ring (bicyclic) bond motifs is 9. The quantitative estimate of drug-likeness (QED) is 0.207. The van der Waals surface area contributed by atoms with E-state index in [1.807, 2.05) is 42.6 Å². The highest BCUT2D eigenvalue weighted by Gasteiger charge is 2.22. The third-order valence-electron chi connectivity index (χ3n) is 9.13. The minimum absolute atomic E-state index is 0.807. The SMILES string of the molecule is c1ccc(-c2nc3ccccc3nc2-n2c3ccccc3c3cc4c5ccc6ccccc6c5n(-c5ccccn5)c4cc32)cc1. The Bertz CT molecular complexity index is 2790. The minimum Gasteiger partial charge on any atom is -0.293 e. The molecule has 0 unspecified atom stereocenters. The molecule has 0 fully saturated rings. The number of pyridine rings is 1. The molecule has 46 heavy (non-hydrogen) atoms. The van der Waals surface area contributed by atoms with Gasteiger partial charge in [-0.3, -0.25) is 9.13 Å². The van der Waals surface area contributed by atoms with Crippen molar-refractivity contribution >= 4 is 65.4 Å². The Morgan fingerprint density at radius 3 is 1.98 bits per heavy atom. The van der Waals surface area contributed by atoms with Gasteiger partial charge in [0.05, 0.1) is 33.1 Å². The highest BCUT2D eigenvalue weighted by Crippen LogP contribution is 2.42. The normalized spacial score (nSPS) is 11.9. The standard InChI is InChI=1S/C41H25N5/c1-2-13-27(14-3-1)39-41(44-34-18-8-7-17-33(34)43-39)45-35-19-9-6-16-29(35)31-24-32-30-22-21-26-12-4-5-15-28(26)40(30)46(37(32)25-36(31)45)38-20-10-11-23-42-38/h1-25H. The van der Waals surface area contributed by atoms with Gasteiger partial charge in [-0.15, -0.1) is 0 Å². The molecule has 0 radical (unpaired) electrons. The molecule has 0 spiro atoms. The third kappa shape index (κ3) is 3.54. The smallest absolute Gasteiger partial charge is 0.165 e. The van der Waals surface area contributed by atoms with Crippen molar-refractivity contribution < 1.29 is 0 Å². The molecule has 0 aliphatic rings. The molecule has 0 saturated heterocycles. The zero-order valence-corrected chi connectivity index (χ0v) is 24.7. The highest BCUT2D eigenvalue weighted by atomic mass is 15.1. The monoisotopic (exact) mass is 587 g/mol. The molecule has 10 rings (SSSR count). The van der Waals surface area contributed by atoms with Crippen LogP contribution in [0.4, 0.5) is 0 Å². The maximum absolute atomic E-state index is 5.32. The summed E-state index contributed by atoms with van der Waals surface area (Å²) in [6, 6.07) is 51.0. The lowest BCUT2D eigenvalue weighted by Gasteiger charge is -2.14. The second-order valence-corrected chi connectivity index (χ2v) is 11.7. The maximum atomic E-state index is 5.32. The van der Waals surface area contributed by atoms with Gasteiger partial charge in [0, 0.05) is 38.7 Å². The third-order valence-corrected chi connectivity index (χ3v) is 9.13. The van der Waals surface area contributed by atoms with E-state index in [0.29, 0.717) is 0 Å². The van der Waals surface area contributed by atoms with E-state index in [-0.39, 0.29) is 0 Å². The fourth-order valence-corrected chi connectivity index (χ4v) is 7.13. The van der Waals surface area contributed by atoms with E-state index in [9.17, 15) is 0 Å². The van der Waals surface area contributed by atoms with Crippen LogP contribution in [0.15, 0.2) is 152 Å². The first-order chi connectivity index (χ1) is 22.8. The first-order valence-electron chi connectivity index (χ1n) is 15.5. The van der Waals surface area contributed by atoms with Crippen LogP contribution in [0.2, 0.25) is 0 Å². The zero-order chi connectivity index (χ0) is 30.2. The summed E-state index contributed by atoms with van der Waals surface area (Å²) in [6.45, 7) is 0. The van der Waals surface area contributed by atoms with E-state index in [1.165, 1.54) is 32.3 Å². The van der Waals surface area contributed by atoms with Gasteiger partial charge < -0.3 is 0 Å². The first-order valence-corrected chi connectivity index (χ1v) is 15.5. The number of benzene rings is 6. The summed E-state index contributed by atoms with van der Waals surface area (Å²) in [4.78, 5) is 15.4. The van der Waals surface area contributed by atoms with Crippen LogP contribution in [0.3, 0.4) is 0 Å². The lowest BCUT2D eigenvalue weighted by molar-refractivity contribution is 1.07. The van der Waals surface area contributed by atoms with Crippen molar-refractivity contribution in [3.8, 4) is 22.9 Å². The molecule has 5 nitrogen and oxygen atoms in total. The van der Waals surface area contributed by atoms with Crippen LogP contribution in [-0.2, 0) is 0 Å². The highest BCUT2D eigenvalue weighted by molar-refractivity contribution is 6.23. The maximum Gasteiger partial charge on any atom is 0.165 e. The summed E-state index contributed by atoms with van der Waals surface area (Å²) >= 11 is 0. The van der Waals surface area contributed by atoms with Crippen molar-refractivity contribution in [1.29, 1.82) is 0 Å². The van der Waals surface area contributed by atoms with Gasteiger partial charge >= 0.3 is 0 Å². The largest absolute Gasteiger partial charge is 0.293 e. The van der Waals surface area contributed by atoms with Crippen molar-refractivity contribution in [3.63, 3.8) is 0 Å². The van der Waals surface area contributed by atoms with Gasteiger partial charge in [0.25, 0.3) is 0 Å². The lowest BCUT2D eigenvalue weighted by Crippen LogP contribution is -2.04. The van der Waals surface area contributed by atoms with Crippen molar-refractivity contribution in [2.24, 2.45) is 0 Å². The molecular weight excluding hydrogens is 562 g/mol. The minimum atomic E-state index is 0.807. The second-order valence-electron chi connectivity index (χ2n) is 11.7. The Morgan fingerprint density at radius 1 is 0.435 bits per heavy atom. The molecular formula is C41H25N5. The Hall–Kier alpha value is -6.33. The van der Waals surface area contributed by atoms with Crippen LogP contribution in [0.1, 0.15) is 0 Å². The average molecular weight is 588 g/mol. The Kier molecular flexibility index (Phi) is 5.22. The van der Waals surface area contributed by atoms with Crippen LogP contribution in [0.25, 0.3) is 88.3 Å². The number of nitrogens with zero attached hydrogens (tertiary/aromatic N) is 5. The van der Waals surface area contributed by atoms with Crippen molar-refractivity contribution in [3.05, 3.63) is 152 Å². The van der Waals surface area contributed by atoms with Gasteiger partial charge in [0.15, 0.2) is 5.82 Å². The molecule has 4 heterocycles. The topological polar surface area (TPSA) is 48.5 Å². The number of hydrogen-bond acceptors (Lipinski definition) is 3. The van der Waals surface area contributed by atoms with Crippen LogP contribution < -0.4 is 0 Å². The zero-order valence-electron chi connectivity index (χ0n) is 24.7. The van der Waals surface area contributed by atoms with E-state index in [0.717, 1.165) is 56.0 Å². The van der Waals surface area contributed by atoms with E-state index < -0.39 is 0 Å². The van der Waals surface area contributed by atoms with Crippen LogP contribution in [0.5, 0.6) is 0 Å². The van der Waals surface area contributed by atoms with Crippen LogP contribution >= 0.6 is 0 Å². The molecule has 0 aliphatic heterocycles. The predicted molar refractivity (Wildman–Crippen MR) is 189 cm³/mol. The summed E-state index contributed by atoms with van der Waals surface area (Å²) in [6.07, 6.45) is 1.87. The molecule has 10 aromatic rings. The molecule has 0 bridgehead atoms. The van der Waals surface area contributed by atoms with Gasteiger partial charge in [-0.05, 0) is 47.9 Å². The fraction of sp³-hybridized carbons (Fsp3) is 0. The lowest BCUT2D eigenvalue weighted by atomic mass is 10.0. The van der Waals surface area contributed by atoms with Gasteiger partial charge in [-0.1, -0.05) is 103 Å². The molecule has 5 heteroatoms. The van der Waals surface area contributed by atoms with Gasteiger partial charge in [-0.2, -0.15) is 0 Å². The second kappa shape index (κ2) is 9.58. The predicted octanol–water partition coefficient (Wildman–Crippen LogP) is 10.0. The van der Waals surface area contributed by atoms with Crippen molar-refractivity contribution in [2.45, 2.75) is 0 Å². The van der Waals surface area contributed by atoms with E-state index >= 15 is 0 Å². The average Bonchev–Trinajstić information content (AvgIpc) is 3.63. The van der Waals surface area contributed by atoms with Crippen molar-refractivity contribution in [2.75, 3.05) is 0 Å². The molecule has 0 aliphatic carbocycles. The Balaban J connectivity index is 1.41. The van der Waals surface area contributed by atoms with E-state index in [1.54, 1.807) is 0 Å². The van der Waals surface area contributed by atoms with E-state index in [2.05, 4.69) is 118 Å². The first kappa shape index (κ1) is 25.0. The molecule has 214 valence electrons. The van der Waals surface area contributed by atoms with Crippen LogP contribution in [0, 0.1) is 0 Å². The summed E-state index contributed by atoms with van der Waals surface area (Å²) in [5, 5.41) is 7.14. The number of aromatic nitrogens is 5. The van der Waals surface area contributed by atoms with Gasteiger partial charge in [0.2, 0.25) is 0 Å². The molecule has 0 amide bonds. The molecule has 0 saturated carbocycles. The molecule has 6 aromatic carbocycles. The van der Waals surface area contributed by atoms with Gasteiger partial charge in [-0.25, -0.2) is 15.0 Å². The molecule has 0 N–H and O–H groups in total. The number of hydrogen-bond donors (Lipinski definition) is 0. The summed E-state index contributed by atoms with van der Waals surface area (Å²) in [7, 11) is 0. The summed E-state index contributed by atoms with van der Waals surface area (Å²) in [5.41, 5.74) is 8.01. The summed E-state index contributed by atoms with van der Waals surface area (Å²) < 4.78 is 4.61. The van der Waals surface area contributed by atoms with Crippen LogP contribution in [-0.4, -0.2) is 24.1 Å². The Labute approximate surface area is 263 Å². The van der Waals surface area contributed by atoms with E-state index in [4.69, 9.17) is 15.0 Å².